The Morgan fingerprint density at radius 2 is 2.00 bits per heavy atom. The van der Waals surface area contributed by atoms with Crippen molar-refractivity contribution in [2.24, 2.45) is 0 Å². The number of hydrogen-bond donors (Lipinski definition) is 0. The zero-order valence-electron chi connectivity index (χ0n) is 6.38. The number of rotatable bonds is 0. The van der Waals surface area contributed by atoms with Crippen molar-refractivity contribution < 1.29 is 0 Å². The molecule has 0 heterocycles. The first-order valence-corrected chi connectivity index (χ1v) is 3.81. The van der Waals surface area contributed by atoms with Crippen LogP contribution in [-0.4, -0.2) is 0 Å². The van der Waals surface area contributed by atoms with Crippen molar-refractivity contribution in [2.45, 2.75) is 6.42 Å². The summed E-state index contributed by atoms with van der Waals surface area (Å²) in [6.45, 7) is 3.92. The Morgan fingerprint density at radius 1 is 1.09 bits per heavy atom. The van der Waals surface area contributed by atoms with Gasteiger partial charge in [-0.25, -0.2) is 0 Å². The maximum absolute atomic E-state index is 3.92. The topological polar surface area (TPSA) is 0 Å². The van der Waals surface area contributed by atoms with E-state index in [2.05, 4.69) is 43.0 Å². The minimum absolute atomic E-state index is 0.980. The third kappa shape index (κ3) is 1.12. The SMILES string of the molecule is C=C1C=CC2=CC=CC2=CC1. The summed E-state index contributed by atoms with van der Waals surface area (Å²) in [6.07, 6.45) is 13.8. The molecule has 0 atom stereocenters. The highest BCUT2D eigenvalue weighted by molar-refractivity contribution is 5.56. The molecule has 54 valence electrons. The molecule has 11 heavy (non-hydrogen) atoms. The van der Waals surface area contributed by atoms with Crippen LogP contribution in [0.5, 0.6) is 0 Å². The van der Waals surface area contributed by atoms with Gasteiger partial charge in [-0.05, 0) is 17.6 Å². The van der Waals surface area contributed by atoms with Crippen LogP contribution in [0, 0.1) is 0 Å². The van der Waals surface area contributed by atoms with Gasteiger partial charge >= 0.3 is 0 Å². The van der Waals surface area contributed by atoms with Gasteiger partial charge in [0.2, 0.25) is 0 Å². The second-order valence-electron chi connectivity index (χ2n) is 2.84. The monoisotopic (exact) mass is 142 g/mol. The van der Waals surface area contributed by atoms with Gasteiger partial charge in [0.05, 0.1) is 0 Å². The second-order valence-corrected chi connectivity index (χ2v) is 2.84. The molecule has 2 rings (SSSR count). The molecule has 0 nitrogen and oxygen atoms in total. The summed E-state index contributed by atoms with van der Waals surface area (Å²) >= 11 is 0. The van der Waals surface area contributed by atoms with Crippen LogP contribution in [0.3, 0.4) is 0 Å². The minimum Gasteiger partial charge on any atom is -0.0955 e. The van der Waals surface area contributed by atoms with E-state index in [4.69, 9.17) is 0 Å². The van der Waals surface area contributed by atoms with Gasteiger partial charge in [0.25, 0.3) is 0 Å². The Hall–Kier alpha value is -1.30. The lowest BCUT2D eigenvalue weighted by atomic mass is 10.1. The lowest BCUT2D eigenvalue weighted by Gasteiger charge is -1.93. The van der Waals surface area contributed by atoms with Crippen LogP contribution in [0.15, 0.2) is 59.8 Å². The molecule has 2 aliphatic carbocycles. The summed E-state index contributed by atoms with van der Waals surface area (Å²) in [6, 6.07) is 0. The van der Waals surface area contributed by atoms with Gasteiger partial charge in [0, 0.05) is 0 Å². The summed E-state index contributed by atoms with van der Waals surface area (Å²) in [5.74, 6) is 0. The summed E-state index contributed by atoms with van der Waals surface area (Å²) in [5, 5.41) is 0. The predicted octanol–water partition coefficient (Wildman–Crippen LogP) is 2.93. The Labute approximate surface area is 66.9 Å². The van der Waals surface area contributed by atoms with Crippen molar-refractivity contribution >= 4 is 0 Å². The van der Waals surface area contributed by atoms with Gasteiger partial charge in [0.15, 0.2) is 0 Å². The molecule has 0 fully saturated rings. The average molecular weight is 142 g/mol. The molecular weight excluding hydrogens is 132 g/mol. The maximum atomic E-state index is 3.92. The Bertz CT molecular complexity index is 309. The number of fused-ring (bicyclic) bond motifs is 1. The third-order valence-electron chi connectivity index (χ3n) is 1.97. The average Bonchev–Trinajstić information content (AvgIpc) is 2.38. The van der Waals surface area contributed by atoms with Crippen LogP contribution >= 0.6 is 0 Å². The fourth-order valence-corrected chi connectivity index (χ4v) is 1.30. The zero-order valence-corrected chi connectivity index (χ0v) is 6.38. The first kappa shape index (κ1) is 6.41. The summed E-state index contributed by atoms with van der Waals surface area (Å²) in [4.78, 5) is 0. The van der Waals surface area contributed by atoms with Gasteiger partial charge in [-0.1, -0.05) is 48.6 Å². The van der Waals surface area contributed by atoms with Crippen molar-refractivity contribution in [2.75, 3.05) is 0 Å². The Balaban J connectivity index is 2.42. The van der Waals surface area contributed by atoms with Crippen molar-refractivity contribution in [3.05, 3.63) is 59.8 Å². The van der Waals surface area contributed by atoms with Crippen LogP contribution in [-0.2, 0) is 0 Å². The van der Waals surface area contributed by atoms with Crippen molar-refractivity contribution in [3.8, 4) is 0 Å². The summed E-state index contributed by atoms with van der Waals surface area (Å²) < 4.78 is 0. The second kappa shape index (κ2) is 2.39. The van der Waals surface area contributed by atoms with Gasteiger partial charge in [0.1, 0.15) is 0 Å². The van der Waals surface area contributed by atoms with Crippen LogP contribution in [0.25, 0.3) is 0 Å². The van der Waals surface area contributed by atoms with E-state index in [1.165, 1.54) is 16.7 Å². The fraction of sp³-hybridized carbons (Fsp3) is 0.0909. The maximum Gasteiger partial charge on any atom is -0.00941 e. The third-order valence-corrected chi connectivity index (χ3v) is 1.97. The van der Waals surface area contributed by atoms with E-state index in [0.717, 1.165) is 6.42 Å². The molecule has 0 radical (unpaired) electrons. The van der Waals surface area contributed by atoms with Gasteiger partial charge < -0.3 is 0 Å². The molecule has 0 N–H and O–H groups in total. The first-order chi connectivity index (χ1) is 5.36. The standard InChI is InChI=1S/C11H10/c1-9-5-7-10-3-2-4-11(10)8-6-9/h2-5,7-8H,1,6H2. The summed E-state index contributed by atoms with van der Waals surface area (Å²) in [7, 11) is 0. The molecule has 0 aromatic carbocycles. The largest absolute Gasteiger partial charge is 0.0955 e. The summed E-state index contributed by atoms with van der Waals surface area (Å²) in [5.41, 5.74) is 3.82. The lowest BCUT2D eigenvalue weighted by molar-refractivity contribution is 1.30. The smallest absolute Gasteiger partial charge is 0.00941 e. The number of hydrogen-bond acceptors (Lipinski definition) is 0. The molecule has 0 heteroatoms. The van der Waals surface area contributed by atoms with E-state index in [9.17, 15) is 0 Å². The minimum atomic E-state index is 0.980. The van der Waals surface area contributed by atoms with Crippen molar-refractivity contribution in [1.29, 1.82) is 0 Å². The molecule has 0 unspecified atom stereocenters. The zero-order chi connectivity index (χ0) is 7.68. The quantitative estimate of drug-likeness (QED) is 0.488. The molecule has 0 saturated heterocycles. The lowest BCUT2D eigenvalue weighted by Crippen LogP contribution is -1.74. The van der Waals surface area contributed by atoms with Crippen molar-refractivity contribution in [1.82, 2.24) is 0 Å². The highest BCUT2D eigenvalue weighted by atomic mass is 14.1. The molecule has 0 bridgehead atoms. The van der Waals surface area contributed by atoms with E-state index in [-0.39, 0.29) is 0 Å². The van der Waals surface area contributed by atoms with Gasteiger partial charge in [-0.2, -0.15) is 0 Å². The highest BCUT2D eigenvalue weighted by Gasteiger charge is 2.05. The van der Waals surface area contributed by atoms with E-state index < -0.39 is 0 Å². The van der Waals surface area contributed by atoms with Crippen LogP contribution in [0.4, 0.5) is 0 Å². The normalized spacial score (nSPS) is 20.9. The van der Waals surface area contributed by atoms with E-state index in [1.54, 1.807) is 0 Å². The Kier molecular flexibility index (Phi) is 1.39. The predicted molar refractivity (Wildman–Crippen MR) is 48.2 cm³/mol. The van der Waals surface area contributed by atoms with Crippen LogP contribution in [0.2, 0.25) is 0 Å². The molecule has 0 saturated carbocycles. The van der Waals surface area contributed by atoms with Crippen LogP contribution < -0.4 is 0 Å². The highest BCUT2D eigenvalue weighted by Crippen LogP contribution is 2.24. The van der Waals surface area contributed by atoms with Crippen molar-refractivity contribution in [3.63, 3.8) is 0 Å². The van der Waals surface area contributed by atoms with Crippen LogP contribution in [0.1, 0.15) is 6.42 Å². The van der Waals surface area contributed by atoms with E-state index in [0.29, 0.717) is 0 Å². The molecule has 0 aliphatic heterocycles. The fourth-order valence-electron chi connectivity index (χ4n) is 1.30. The molecule has 0 aromatic heterocycles. The number of allylic oxidation sites excluding steroid dienone is 9. The first-order valence-electron chi connectivity index (χ1n) is 3.81. The van der Waals surface area contributed by atoms with E-state index >= 15 is 0 Å². The molecule has 0 amide bonds. The molecule has 0 spiro atoms. The Morgan fingerprint density at radius 3 is 2.91 bits per heavy atom. The van der Waals surface area contributed by atoms with E-state index in [1.807, 2.05) is 0 Å². The molecule has 2 aliphatic rings. The van der Waals surface area contributed by atoms with Gasteiger partial charge in [-0.15, -0.1) is 0 Å². The van der Waals surface area contributed by atoms with Gasteiger partial charge in [-0.3, -0.25) is 0 Å². The molecular formula is C11H10. The molecule has 0 aromatic rings.